The summed E-state index contributed by atoms with van der Waals surface area (Å²) in [5, 5.41) is 2.51. The van der Waals surface area contributed by atoms with Crippen molar-refractivity contribution in [1.29, 1.82) is 0 Å². The normalized spacial score (nSPS) is 19.3. The van der Waals surface area contributed by atoms with Crippen LogP contribution >= 0.6 is 0 Å². The number of hydrogen-bond acceptors (Lipinski definition) is 3. The first-order valence-corrected chi connectivity index (χ1v) is 9.08. The first-order valence-electron chi connectivity index (χ1n) is 9.08. The molecule has 132 valence electrons. The largest absolute Gasteiger partial charge is 0.452 e. The van der Waals surface area contributed by atoms with E-state index in [1.165, 1.54) is 16.3 Å². The molecule has 3 aromatic rings. The van der Waals surface area contributed by atoms with E-state index in [0.717, 1.165) is 18.4 Å². The molecule has 0 spiro atoms. The van der Waals surface area contributed by atoms with Crippen molar-refractivity contribution in [2.24, 2.45) is 0 Å². The van der Waals surface area contributed by atoms with Crippen molar-refractivity contribution in [2.75, 3.05) is 14.1 Å². The van der Waals surface area contributed by atoms with Crippen molar-refractivity contribution in [3.63, 3.8) is 0 Å². The van der Waals surface area contributed by atoms with Crippen molar-refractivity contribution in [3.05, 3.63) is 83.4 Å². The monoisotopic (exact) mass is 345 g/mol. The zero-order valence-electron chi connectivity index (χ0n) is 15.2. The number of carbonyl (C=O) groups is 1. The summed E-state index contributed by atoms with van der Waals surface area (Å²) in [5.41, 5.74) is 3.04. The maximum Gasteiger partial charge on any atom is 0.338 e. The van der Waals surface area contributed by atoms with Gasteiger partial charge in [0.25, 0.3) is 0 Å². The summed E-state index contributed by atoms with van der Waals surface area (Å²) in [6, 6.07) is 22.1. The second-order valence-electron chi connectivity index (χ2n) is 7.12. The van der Waals surface area contributed by atoms with Gasteiger partial charge in [-0.05, 0) is 61.0 Å². The van der Waals surface area contributed by atoms with E-state index >= 15 is 0 Å². The van der Waals surface area contributed by atoms with Gasteiger partial charge in [-0.25, -0.2) is 4.79 Å². The Kier molecular flexibility index (Phi) is 4.48. The lowest BCUT2D eigenvalue weighted by molar-refractivity contribution is 0.000742. The first-order chi connectivity index (χ1) is 12.6. The van der Waals surface area contributed by atoms with Gasteiger partial charge in [0.2, 0.25) is 0 Å². The maximum atomic E-state index is 12.7. The molecule has 4 rings (SSSR count). The van der Waals surface area contributed by atoms with Crippen LogP contribution in [-0.4, -0.2) is 31.0 Å². The van der Waals surface area contributed by atoms with Crippen molar-refractivity contribution >= 4 is 16.7 Å². The predicted octanol–water partition coefficient (Wildman–Crippen LogP) is 4.61. The number of rotatable bonds is 3. The zero-order valence-corrected chi connectivity index (χ0v) is 15.2. The van der Waals surface area contributed by atoms with E-state index in [2.05, 4.69) is 55.4 Å². The van der Waals surface area contributed by atoms with Crippen LogP contribution in [-0.2, 0) is 11.2 Å². The van der Waals surface area contributed by atoms with Gasteiger partial charge in [0.1, 0.15) is 6.10 Å². The van der Waals surface area contributed by atoms with Crippen LogP contribution in [0, 0.1) is 0 Å². The molecule has 1 aliphatic carbocycles. The number of likely N-dealkylation sites (N-methyl/N-ethyl adjacent to an activating group) is 1. The summed E-state index contributed by atoms with van der Waals surface area (Å²) < 4.78 is 6.05. The third-order valence-electron chi connectivity index (χ3n) is 5.33. The summed E-state index contributed by atoms with van der Waals surface area (Å²) in [5.74, 6) is -0.261. The SMILES string of the molecule is CN(C)C1CCc2c(ccc3ccccc23)C1OC(=O)c1ccccc1. The van der Waals surface area contributed by atoms with Crippen LogP contribution in [0.25, 0.3) is 10.8 Å². The van der Waals surface area contributed by atoms with Gasteiger partial charge < -0.3 is 9.64 Å². The van der Waals surface area contributed by atoms with E-state index in [1.54, 1.807) is 12.1 Å². The zero-order chi connectivity index (χ0) is 18.1. The Morgan fingerprint density at radius 3 is 2.46 bits per heavy atom. The highest BCUT2D eigenvalue weighted by Crippen LogP contribution is 2.38. The van der Waals surface area contributed by atoms with E-state index in [4.69, 9.17) is 4.74 Å². The molecule has 0 saturated carbocycles. The van der Waals surface area contributed by atoms with Crippen LogP contribution < -0.4 is 0 Å². The Labute approximate surface area is 154 Å². The number of carbonyl (C=O) groups excluding carboxylic acids is 1. The standard InChI is InChI=1S/C23H23NO2/c1-24(2)21-15-14-19-18-11-7-6-8-16(18)12-13-20(19)22(21)26-23(25)17-9-4-3-5-10-17/h3-13,21-22H,14-15H2,1-2H3. The van der Waals surface area contributed by atoms with Gasteiger partial charge in [0.05, 0.1) is 11.6 Å². The van der Waals surface area contributed by atoms with Gasteiger partial charge in [-0.3, -0.25) is 0 Å². The molecule has 26 heavy (non-hydrogen) atoms. The van der Waals surface area contributed by atoms with Crippen molar-refractivity contribution in [1.82, 2.24) is 4.90 Å². The molecule has 2 unspecified atom stereocenters. The molecule has 3 nitrogen and oxygen atoms in total. The minimum absolute atomic E-state index is 0.177. The van der Waals surface area contributed by atoms with Crippen molar-refractivity contribution in [3.8, 4) is 0 Å². The smallest absolute Gasteiger partial charge is 0.338 e. The van der Waals surface area contributed by atoms with Gasteiger partial charge in [0.15, 0.2) is 0 Å². The molecule has 0 fully saturated rings. The van der Waals surface area contributed by atoms with Crippen LogP contribution in [0.3, 0.4) is 0 Å². The third-order valence-corrected chi connectivity index (χ3v) is 5.33. The maximum absolute atomic E-state index is 12.7. The molecular weight excluding hydrogens is 322 g/mol. The van der Waals surface area contributed by atoms with Gasteiger partial charge in [-0.15, -0.1) is 0 Å². The highest BCUT2D eigenvalue weighted by molar-refractivity contribution is 5.90. The Morgan fingerprint density at radius 2 is 1.69 bits per heavy atom. The first kappa shape index (κ1) is 16.8. The molecule has 0 heterocycles. The van der Waals surface area contributed by atoms with Crippen LogP contribution in [0.4, 0.5) is 0 Å². The highest BCUT2D eigenvalue weighted by Gasteiger charge is 2.34. The molecule has 0 aliphatic heterocycles. The number of nitrogens with zero attached hydrogens (tertiary/aromatic N) is 1. The molecule has 0 saturated heterocycles. The molecule has 0 aromatic heterocycles. The van der Waals surface area contributed by atoms with E-state index in [9.17, 15) is 4.79 Å². The number of fused-ring (bicyclic) bond motifs is 3. The van der Waals surface area contributed by atoms with Crippen LogP contribution in [0.2, 0.25) is 0 Å². The van der Waals surface area contributed by atoms with E-state index < -0.39 is 0 Å². The lowest BCUT2D eigenvalue weighted by atomic mass is 9.82. The summed E-state index contributed by atoms with van der Waals surface area (Å²) in [7, 11) is 4.11. The quantitative estimate of drug-likeness (QED) is 0.649. The topological polar surface area (TPSA) is 29.5 Å². The number of esters is 1. The van der Waals surface area contributed by atoms with Crippen molar-refractivity contribution in [2.45, 2.75) is 25.0 Å². The minimum Gasteiger partial charge on any atom is -0.452 e. The summed E-state index contributed by atoms with van der Waals surface area (Å²) >= 11 is 0. The lowest BCUT2D eigenvalue weighted by Crippen LogP contribution is -2.39. The number of aryl methyl sites for hydroxylation is 1. The molecule has 0 amide bonds. The summed E-state index contributed by atoms with van der Waals surface area (Å²) in [6.07, 6.45) is 1.71. The van der Waals surface area contributed by atoms with E-state index in [-0.39, 0.29) is 18.1 Å². The average Bonchev–Trinajstić information content (AvgIpc) is 2.68. The number of benzene rings is 3. The van der Waals surface area contributed by atoms with Gasteiger partial charge in [0, 0.05) is 0 Å². The van der Waals surface area contributed by atoms with Crippen LogP contribution in [0.5, 0.6) is 0 Å². The van der Waals surface area contributed by atoms with Crippen molar-refractivity contribution < 1.29 is 9.53 Å². The molecule has 1 aliphatic rings. The Morgan fingerprint density at radius 1 is 0.962 bits per heavy atom. The molecule has 3 aromatic carbocycles. The third kappa shape index (κ3) is 2.99. The Balaban J connectivity index is 1.75. The Bertz CT molecular complexity index is 933. The molecule has 0 bridgehead atoms. The Hall–Kier alpha value is -2.65. The van der Waals surface area contributed by atoms with Crippen LogP contribution in [0.1, 0.15) is 34.0 Å². The van der Waals surface area contributed by atoms with E-state index in [0.29, 0.717) is 5.56 Å². The number of hydrogen-bond donors (Lipinski definition) is 0. The van der Waals surface area contributed by atoms with Gasteiger partial charge >= 0.3 is 5.97 Å². The highest BCUT2D eigenvalue weighted by atomic mass is 16.5. The van der Waals surface area contributed by atoms with Gasteiger partial charge in [-0.1, -0.05) is 54.6 Å². The molecular formula is C23H23NO2. The molecule has 0 N–H and O–H groups in total. The molecule has 2 atom stereocenters. The van der Waals surface area contributed by atoms with Crippen LogP contribution in [0.15, 0.2) is 66.7 Å². The second-order valence-corrected chi connectivity index (χ2v) is 7.12. The second kappa shape index (κ2) is 6.93. The predicted molar refractivity (Wildman–Crippen MR) is 104 cm³/mol. The average molecular weight is 345 g/mol. The fraction of sp³-hybridized carbons (Fsp3) is 0.261. The summed E-state index contributed by atoms with van der Waals surface area (Å²) in [6.45, 7) is 0. The lowest BCUT2D eigenvalue weighted by Gasteiger charge is -2.37. The van der Waals surface area contributed by atoms with Gasteiger partial charge in [-0.2, -0.15) is 0 Å². The fourth-order valence-electron chi connectivity index (χ4n) is 3.98. The molecule has 0 radical (unpaired) electrons. The minimum atomic E-state index is -0.261. The fourth-order valence-corrected chi connectivity index (χ4v) is 3.98. The van der Waals surface area contributed by atoms with E-state index in [1.807, 2.05) is 18.2 Å². The summed E-state index contributed by atoms with van der Waals surface area (Å²) in [4.78, 5) is 14.9. The molecule has 3 heteroatoms. The number of ether oxygens (including phenoxy) is 1.